The maximum Gasteiger partial charge on any atom is 0.166 e. The highest BCUT2D eigenvalue weighted by atomic mass is 16.6. The van der Waals surface area contributed by atoms with E-state index >= 15 is 0 Å². The van der Waals surface area contributed by atoms with Crippen molar-refractivity contribution in [1.29, 1.82) is 0 Å². The number of ether oxygens (including phenoxy) is 3. The fraction of sp³-hybridized carbons (Fsp3) is 0.864. The molecule has 2 aliphatic heterocycles. The number of hydrogen-bond acceptors (Lipinski definition) is 5. The zero-order valence-corrected chi connectivity index (χ0v) is 34.8. The van der Waals surface area contributed by atoms with Gasteiger partial charge in [-0.1, -0.05) is 83.1 Å². The van der Waals surface area contributed by atoms with E-state index in [0.29, 0.717) is 17.3 Å². The summed E-state index contributed by atoms with van der Waals surface area (Å²) in [7, 11) is 3.75. The van der Waals surface area contributed by atoms with Crippen LogP contribution in [0.3, 0.4) is 0 Å². The molecule has 7 aliphatic rings. The fourth-order valence-electron chi connectivity index (χ4n) is 15.0. The molecule has 5 nitrogen and oxygen atoms in total. The third-order valence-corrected chi connectivity index (χ3v) is 19.1. The molecule has 0 radical (unpaired) electrons. The molecule has 0 amide bonds. The first-order chi connectivity index (χ1) is 22.3. The van der Waals surface area contributed by atoms with Crippen LogP contribution >= 0.6 is 0 Å². The maximum atomic E-state index is 13.3. The van der Waals surface area contributed by atoms with Gasteiger partial charge < -0.3 is 19.3 Å². The Kier molecular flexibility index (Phi) is 7.08. The van der Waals surface area contributed by atoms with Gasteiger partial charge in [-0.25, -0.2) is 0 Å². The minimum atomic E-state index is -1.01. The van der Waals surface area contributed by atoms with E-state index in [9.17, 15) is 5.11 Å². The van der Waals surface area contributed by atoms with Crippen LogP contribution in [0, 0.1) is 65.1 Å². The Morgan fingerprint density at radius 2 is 1.47 bits per heavy atom. The highest BCUT2D eigenvalue weighted by Gasteiger charge is 2.92. The molecule has 276 valence electrons. The summed E-state index contributed by atoms with van der Waals surface area (Å²) >= 11 is 0. The highest BCUT2D eigenvalue weighted by Crippen LogP contribution is 2.87. The van der Waals surface area contributed by atoms with Gasteiger partial charge in [0.1, 0.15) is 11.7 Å². The van der Waals surface area contributed by atoms with Gasteiger partial charge in [0.15, 0.2) is 11.5 Å². The summed E-state index contributed by atoms with van der Waals surface area (Å²) in [5, 5.41) is 13.3. The number of nitrogens with zero attached hydrogens (tertiary/aromatic N) is 1. The number of benzene rings is 1. The Labute approximate surface area is 299 Å². The van der Waals surface area contributed by atoms with E-state index in [0.717, 1.165) is 30.9 Å². The Balaban J connectivity index is 1.69. The van der Waals surface area contributed by atoms with Crippen LogP contribution in [0.2, 0.25) is 0 Å². The second-order valence-electron chi connectivity index (χ2n) is 21.2. The summed E-state index contributed by atoms with van der Waals surface area (Å²) in [6, 6.07) is 0.235. The van der Waals surface area contributed by atoms with E-state index in [-0.39, 0.29) is 62.5 Å². The van der Waals surface area contributed by atoms with Crippen molar-refractivity contribution in [3.63, 3.8) is 0 Å². The number of piperidine rings is 1. The molecule has 4 unspecified atom stereocenters. The topological polar surface area (TPSA) is 51.2 Å². The molecule has 4 bridgehead atoms. The summed E-state index contributed by atoms with van der Waals surface area (Å²) in [5.41, 5.74) is 2.53. The molecule has 1 aromatic rings. The normalized spacial score (nSPS) is 44.2. The molecule has 5 heteroatoms. The summed E-state index contributed by atoms with van der Waals surface area (Å²) in [6.45, 7) is 42.4. The van der Waals surface area contributed by atoms with Gasteiger partial charge in [0.05, 0.1) is 18.1 Å². The Morgan fingerprint density at radius 1 is 0.898 bits per heavy atom. The molecule has 2 spiro atoms. The van der Waals surface area contributed by atoms with Gasteiger partial charge in [-0.2, -0.15) is 0 Å². The second kappa shape index (κ2) is 9.62. The molecular weight excluding hydrogens is 606 g/mol. The van der Waals surface area contributed by atoms with Crippen LogP contribution in [0.5, 0.6) is 11.5 Å². The first-order valence-corrected chi connectivity index (χ1v) is 19.7. The SMILES string of the molecule is CCC(C)(C)[C@@](C)(O)[C@H]1[C@@H](C)C23CC(C)[C@@]1(OC)[C@@H]1Oc4c(OC)c(C)c(C)c5c4[C@@]12C(C)(C)C(C)(C)N(CC1C(C)C1(C)C)[C@@H]3C5(C)C. The monoisotopic (exact) mass is 678 g/mol. The standard InChI is InChI=1S/C44H71NO4/c1-20-36(7,8)41(17,46)33-27(6)42-21-23(2)43(33,48-19)35-44(42)30-29(24(3)25(4)31(47-18)32(30)49-35)38(11,12)34(42)45(40(15,16)39(44,13)14)22-28-26(5)37(28,9)10/h23,26-28,33-35,46H,20-22H2,1-19H3/t23?,26?,27-,28?,33-,34-,35+,41+,42?,43+,44+/m1/s1. The molecular formula is C44H71NO4. The zero-order chi connectivity index (χ0) is 36.8. The predicted molar refractivity (Wildman–Crippen MR) is 200 cm³/mol. The lowest BCUT2D eigenvalue weighted by atomic mass is 9.22. The van der Waals surface area contributed by atoms with Crippen molar-refractivity contribution in [2.45, 2.75) is 170 Å². The van der Waals surface area contributed by atoms with Crippen LogP contribution in [-0.4, -0.2) is 59.7 Å². The van der Waals surface area contributed by atoms with Crippen molar-refractivity contribution in [2.75, 3.05) is 20.8 Å². The van der Waals surface area contributed by atoms with E-state index in [1.54, 1.807) is 0 Å². The van der Waals surface area contributed by atoms with E-state index < -0.39 is 11.2 Å². The van der Waals surface area contributed by atoms with Crippen LogP contribution in [0.15, 0.2) is 0 Å². The van der Waals surface area contributed by atoms with Gasteiger partial charge in [0.2, 0.25) is 0 Å². The quantitative estimate of drug-likeness (QED) is 0.312. The van der Waals surface area contributed by atoms with Crippen molar-refractivity contribution in [2.24, 2.45) is 51.2 Å². The molecule has 5 aliphatic carbocycles. The highest BCUT2D eigenvalue weighted by molar-refractivity contribution is 5.72. The van der Waals surface area contributed by atoms with Crippen LogP contribution in [0.4, 0.5) is 0 Å². The molecule has 8 rings (SSSR count). The van der Waals surface area contributed by atoms with Crippen molar-refractivity contribution >= 4 is 0 Å². The lowest BCUT2D eigenvalue weighted by Gasteiger charge is -2.86. The van der Waals surface area contributed by atoms with Gasteiger partial charge in [-0.15, -0.1) is 0 Å². The third-order valence-electron chi connectivity index (χ3n) is 19.1. The van der Waals surface area contributed by atoms with E-state index in [2.05, 4.69) is 123 Å². The van der Waals surface area contributed by atoms with Crippen molar-refractivity contribution in [3.8, 4) is 11.5 Å². The van der Waals surface area contributed by atoms with Gasteiger partial charge in [-0.3, -0.25) is 4.90 Å². The van der Waals surface area contributed by atoms with Gasteiger partial charge >= 0.3 is 0 Å². The summed E-state index contributed by atoms with van der Waals surface area (Å²) < 4.78 is 21.3. The molecule has 1 aromatic carbocycles. The molecule has 0 aromatic heterocycles. The second-order valence-corrected chi connectivity index (χ2v) is 21.2. The van der Waals surface area contributed by atoms with Gasteiger partial charge in [-0.05, 0) is 104 Å². The number of aliphatic hydroxyl groups is 1. The third kappa shape index (κ3) is 3.32. The average Bonchev–Trinajstić information content (AvgIpc) is 3.27. The Morgan fingerprint density at radius 3 is 1.96 bits per heavy atom. The van der Waals surface area contributed by atoms with Crippen LogP contribution in [0.1, 0.15) is 139 Å². The smallest absolute Gasteiger partial charge is 0.166 e. The number of likely N-dealkylation sites (tertiary alicyclic amines) is 1. The summed E-state index contributed by atoms with van der Waals surface area (Å²) in [6.07, 6.45) is 1.65. The Hall–Kier alpha value is -1.30. The minimum Gasteiger partial charge on any atom is -0.493 e. The molecule has 2 heterocycles. The molecule has 5 fully saturated rings. The predicted octanol–water partition coefficient (Wildman–Crippen LogP) is 9.25. The summed E-state index contributed by atoms with van der Waals surface area (Å²) in [4.78, 5) is 3.05. The Bertz CT molecular complexity index is 1600. The number of methoxy groups -OCH3 is 2. The van der Waals surface area contributed by atoms with E-state index in [1.165, 1.54) is 22.3 Å². The van der Waals surface area contributed by atoms with Crippen LogP contribution < -0.4 is 9.47 Å². The fourth-order valence-corrected chi connectivity index (χ4v) is 15.0. The van der Waals surface area contributed by atoms with Crippen molar-refractivity contribution < 1.29 is 19.3 Å². The molecule has 11 atom stereocenters. The average molecular weight is 678 g/mol. The van der Waals surface area contributed by atoms with Crippen molar-refractivity contribution in [1.82, 2.24) is 4.90 Å². The first-order valence-electron chi connectivity index (χ1n) is 19.7. The largest absolute Gasteiger partial charge is 0.493 e. The number of rotatable bonds is 7. The number of hydrogen-bond donors (Lipinski definition) is 1. The zero-order valence-electron chi connectivity index (χ0n) is 34.8. The molecule has 4 saturated carbocycles. The van der Waals surface area contributed by atoms with Gasteiger partial charge in [0, 0.05) is 47.5 Å². The van der Waals surface area contributed by atoms with E-state index in [4.69, 9.17) is 14.2 Å². The molecule has 1 N–H and O–H groups in total. The molecule has 49 heavy (non-hydrogen) atoms. The lowest BCUT2D eigenvalue weighted by molar-refractivity contribution is -0.392. The van der Waals surface area contributed by atoms with Crippen LogP contribution in [-0.2, 0) is 15.6 Å². The van der Waals surface area contributed by atoms with Crippen LogP contribution in [0.25, 0.3) is 0 Å². The minimum absolute atomic E-state index is 0.140. The maximum absolute atomic E-state index is 13.3. The van der Waals surface area contributed by atoms with E-state index in [1.807, 2.05) is 14.2 Å². The van der Waals surface area contributed by atoms with Crippen molar-refractivity contribution in [3.05, 3.63) is 22.3 Å². The summed E-state index contributed by atoms with van der Waals surface area (Å²) in [5.74, 6) is 3.36. The molecule has 1 saturated heterocycles. The first kappa shape index (κ1) is 36.1. The number of fused-ring (bicyclic) bond motifs is 2. The van der Waals surface area contributed by atoms with Gasteiger partial charge in [0.25, 0.3) is 0 Å². The lowest BCUT2D eigenvalue weighted by Crippen LogP contribution is -2.94.